The fourth-order valence-corrected chi connectivity index (χ4v) is 3.43. The number of aliphatic hydroxyl groups excluding tert-OH is 2. The Morgan fingerprint density at radius 1 is 1.18 bits per heavy atom. The Morgan fingerprint density at radius 3 is 2.30 bits per heavy atom. The quantitative estimate of drug-likeness (QED) is 0.269. The van der Waals surface area contributed by atoms with E-state index >= 15 is 0 Å². The molecule has 40 heavy (non-hydrogen) atoms. The number of nitrogens with zero attached hydrogens (tertiary/aromatic N) is 2. The molecule has 0 fully saturated rings. The van der Waals surface area contributed by atoms with Crippen molar-refractivity contribution >= 4 is 29.4 Å². The Bertz CT molecular complexity index is 1140. The van der Waals surface area contributed by atoms with Gasteiger partial charge < -0.3 is 35.6 Å². The predicted molar refractivity (Wildman–Crippen MR) is 156 cm³/mol. The number of fused-ring (bicyclic) bond motifs is 1. The van der Waals surface area contributed by atoms with E-state index in [0.717, 1.165) is 12.0 Å². The van der Waals surface area contributed by atoms with Crippen LogP contribution in [0.2, 0.25) is 0 Å². The van der Waals surface area contributed by atoms with Gasteiger partial charge in [-0.15, -0.1) is 0 Å². The molecular weight excluding hydrogens is 520 g/mol. The van der Waals surface area contributed by atoms with Crippen molar-refractivity contribution in [3.63, 3.8) is 0 Å². The van der Waals surface area contributed by atoms with Crippen LogP contribution in [0.25, 0.3) is 0 Å². The molecule has 1 aliphatic heterocycles. The number of carbonyl (C=O) groups is 2. The highest BCUT2D eigenvalue weighted by atomic mass is 16.5. The first-order valence-electron chi connectivity index (χ1n) is 13.5. The fourth-order valence-electron chi connectivity index (χ4n) is 3.43. The molecule has 0 aromatic carbocycles. The number of ether oxygens (including phenoxy) is 2. The van der Waals surface area contributed by atoms with Gasteiger partial charge in [-0.1, -0.05) is 34.6 Å². The molecule has 13 heteroatoms. The summed E-state index contributed by atoms with van der Waals surface area (Å²) in [5.74, 6) is 0.389. The standard InChI is InChI=1S/C13H17NO4.C10H17N5O3.2C2H6/c1-5-11-6-14-8(2)13(18-10(4)16)12(11)7-17-9(3)15;1-4(16)7(17)5-3-12-8-6(13-5)9(18)15-10(11-2)14-8;2*1-2/h6H,5,7H2,1-4H3;4-5,7,13,16-17H,3H2,1-2H3,(H3,11,12,14,15,18);2*1-2H3/t;4-,5+,7-;;/m.0../s1. The van der Waals surface area contributed by atoms with Crippen molar-refractivity contribution in [2.75, 3.05) is 29.5 Å². The second-order valence-electron chi connectivity index (χ2n) is 8.16. The second kappa shape index (κ2) is 18.6. The summed E-state index contributed by atoms with van der Waals surface area (Å²) >= 11 is 0. The number of hydrogen-bond donors (Lipinski definition) is 6. The zero-order chi connectivity index (χ0) is 31.0. The zero-order valence-electron chi connectivity index (χ0n) is 25.3. The number of rotatable bonds is 7. The molecule has 6 N–H and O–H groups in total. The first-order chi connectivity index (χ1) is 19.0. The Kier molecular flexibility index (Phi) is 16.8. The number of nitrogens with one attached hydrogen (secondary N) is 4. The lowest BCUT2D eigenvalue weighted by Crippen LogP contribution is -2.48. The number of aliphatic hydroxyl groups is 2. The van der Waals surface area contributed by atoms with E-state index in [1.54, 1.807) is 20.2 Å². The third-order valence-electron chi connectivity index (χ3n) is 5.33. The molecule has 0 saturated carbocycles. The van der Waals surface area contributed by atoms with Crippen molar-refractivity contribution in [2.24, 2.45) is 0 Å². The molecular formula is C27H46N6O7. The molecule has 0 radical (unpaired) electrons. The fraction of sp³-hybridized carbons (Fsp3) is 0.593. The monoisotopic (exact) mass is 566 g/mol. The minimum atomic E-state index is -0.964. The summed E-state index contributed by atoms with van der Waals surface area (Å²) in [5, 5.41) is 27.7. The van der Waals surface area contributed by atoms with Crippen molar-refractivity contribution in [3.05, 3.63) is 33.4 Å². The minimum Gasteiger partial charge on any atom is -0.461 e. The SMILES string of the molecule is CC.CC.CCc1cnc(C)c(OC(C)=O)c1COC(C)=O.CNc1nc2c(c(=O)[nH]1)N[C@@H]([C@@H](O)[C@H](C)O)CN2. The van der Waals surface area contributed by atoms with Gasteiger partial charge in [0.25, 0.3) is 5.56 Å². The van der Waals surface area contributed by atoms with Crippen LogP contribution >= 0.6 is 0 Å². The van der Waals surface area contributed by atoms with Crippen LogP contribution in [0.5, 0.6) is 5.75 Å². The van der Waals surface area contributed by atoms with E-state index in [1.807, 2.05) is 34.6 Å². The molecule has 3 rings (SSSR count). The van der Waals surface area contributed by atoms with Gasteiger partial charge >= 0.3 is 11.9 Å². The van der Waals surface area contributed by atoms with Gasteiger partial charge in [0.1, 0.15) is 18.4 Å². The van der Waals surface area contributed by atoms with Crippen molar-refractivity contribution in [3.8, 4) is 5.75 Å². The normalized spacial score (nSPS) is 14.3. The highest BCUT2D eigenvalue weighted by Gasteiger charge is 2.29. The highest BCUT2D eigenvalue weighted by Crippen LogP contribution is 2.27. The molecule has 2 aromatic heterocycles. The van der Waals surface area contributed by atoms with E-state index < -0.39 is 24.2 Å². The lowest BCUT2D eigenvalue weighted by molar-refractivity contribution is -0.142. The molecule has 0 saturated heterocycles. The van der Waals surface area contributed by atoms with Crippen LogP contribution in [0.1, 0.15) is 72.2 Å². The molecule has 2 aromatic rings. The molecule has 3 atom stereocenters. The average molecular weight is 567 g/mol. The van der Waals surface area contributed by atoms with Gasteiger partial charge in [-0.3, -0.25) is 24.4 Å². The van der Waals surface area contributed by atoms with Gasteiger partial charge in [-0.05, 0) is 25.8 Å². The average Bonchev–Trinajstić information content (AvgIpc) is 2.94. The van der Waals surface area contributed by atoms with Crippen LogP contribution in [0.15, 0.2) is 11.0 Å². The van der Waals surface area contributed by atoms with Crippen LogP contribution in [0.4, 0.5) is 17.5 Å². The Labute approximate surface area is 236 Å². The summed E-state index contributed by atoms with van der Waals surface area (Å²) in [4.78, 5) is 44.7. The number of pyridine rings is 1. The molecule has 226 valence electrons. The van der Waals surface area contributed by atoms with Crippen molar-refractivity contribution in [1.82, 2.24) is 15.0 Å². The number of hydrogen-bond acceptors (Lipinski definition) is 12. The molecule has 13 nitrogen and oxygen atoms in total. The van der Waals surface area contributed by atoms with Crippen LogP contribution in [0.3, 0.4) is 0 Å². The van der Waals surface area contributed by atoms with Gasteiger partial charge in [-0.2, -0.15) is 4.98 Å². The Balaban J connectivity index is 0.000000676. The smallest absolute Gasteiger partial charge is 0.308 e. The third kappa shape index (κ3) is 10.8. The number of anilines is 3. The molecule has 0 bridgehead atoms. The second-order valence-corrected chi connectivity index (χ2v) is 8.16. The number of aryl methyl sites for hydroxylation is 2. The number of aromatic amines is 1. The molecule has 0 unspecified atom stereocenters. The van der Waals surface area contributed by atoms with Crippen LogP contribution in [0, 0.1) is 6.92 Å². The molecule has 0 spiro atoms. The largest absolute Gasteiger partial charge is 0.461 e. The lowest BCUT2D eigenvalue weighted by atomic mass is 10.0. The number of H-pyrrole nitrogens is 1. The van der Waals surface area contributed by atoms with E-state index in [1.165, 1.54) is 20.8 Å². The maximum absolute atomic E-state index is 11.8. The maximum atomic E-state index is 11.8. The first kappa shape index (κ1) is 36.3. The third-order valence-corrected chi connectivity index (χ3v) is 5.33. The van der Waals surface area contributed by atoms with Crippen molar-refractivity contribution in [2.45, 2.75) is 93.6 Å². The lowest BCUT2D eigenvalue weighted by Gasteiger charge is -2.31. The first-order valence-corrected chi connectivity index (χ1v) is 13.5. The van der Waals surface area contributed by atoms with Gasteiger partial charge in [0.2, 0.25) is 5.95 Å². The number of aromatic nitrogens is 3. The number of carbonyl (C=O) groups excluding carboxylic acids is 2. The number of esters is 2. The van der Waals surface area contributed by atoms with Gasteiger partial charge in [0.05, 0.1) is 17.8 Å². The molecule has 1 aliphatic rings. The summed E-state index contributed by atoms with van der Waals surface area (Å²) in [7, 11) is 1.65. The molecule has 0 aliphatic carbocycles. The van der Waals surface area contributed by atoms with Crippen molar-refractivity contribution in [1.29, 1.82) is 0 Å². The van der Waals surface area contributed by atoms with E-state index in [0.29, 0.717) is 35.3 Å². The summed E-state index contributed by atoms with van der Waals surface area (Å²) in [6.07, 6.45) is 0.586. The van der Waals surface area contributed by atoms with E-state index in [4.69, 9.17) is 9.47 Å². The topological polar surface area (TPSA) is 188 Å². The maximum Gasteiger partial charge on any atom is 0.308 e. The Hall–Kier alpha value is -3.71. The summed E-state index contributed by atoms with van der Waals surface area (Å²) in [6, 6.07) is -0.444. The van der Waals surface area contributed by atoms with E-state index in [9.17, 15) is 24.6 Å². The molecule has 0 amide bonds. The van der Waals surface area contributed by atoms with E-state index in [2.05, 4.69) is 30.9 Å². The van der Waals surface area contributed by atoms with Crippen molar-refractivity contribution < 1.29 is 29.3 Å². The van der Waals surface area contributed by atoms with Gasteiger partial charge in [0.15, 0.2) is 11.6 Å². The summed E-state index contributed by atoms with van der Waals surface area (Å²) in [6.45, 7) is 16.3. The van der Waals surface area contributed by atoms with Crippen LogP contribution in [-0.2, 0) is 27.4 Å². The van der Waals surface area contributed by atoms with Crippen LogP contribution in [-0.4, -0.2) is 68.9 Å². The highest BCUT2D eigenvalue weighted by molar-refractivity contribution is 5.71. The Morgan fingerprint density at radius 2 is 1.80 bits per heavy atom. The summed E-state index contributed by atoms with van der Waals surface area (Å²) in [5.41, 5.74) is 2.14. The zero-order valence-corrected chi connectivity index (χ0v) is 25.3. The predicted octanol–water partition coefficient (Wildman–Crippen LogP) is 2.75. The van der Waals surface area contributed by atoms with Gasteiger partial charge in [-0.25, -0.2) is 0 Å². The molecule has 3 heterocycles. The summed E-state index contributed by atoms with van der Waals surface area (Å²) < 4.78 is 10.1. The van der Waals surface area contributed by atoms with E-state index in [-0.39, 0.29) is 23.8 Å². The van der Waals surface area contributed by atoms with Crippen LogP contribution < -0.4 is 26.2 Å². The van der Waals surface area contributed by atoms with Gasteiger partial charge in [0, 0.05) is 39.2 Å². The minimum absolute atomic E-state index is 0.0878.